The highest BCUT2D eigenvalue weighted by Crippen LogP contribution is 2.28. The van der Waals surface area contributed by atoms with Crippen LogP contribution in [0.4, 0.5) is 0 Å². The number of aliphatic carboxylic acids is 3. The Bertz CT molecular complexity index is 474. The van der Waals surface area contributed by atoms with Gasteiger partial charge in [-0.05, 0) is 0 Å². The van der Waals surface area contributed by atoms with Crippen LogP contribution in [0.1, 0.15) is 6.42 Å². The number of ether oxygens (including phenoxy) is 2. The van der Waals surface area contributed by atoms with Gasteiger partial charge in [0.25, 0.3) is 5.41 Å². The Hall–Kier alpha value is -3.17. The molecule has 0 aliphatic carbocycles. The van der Waals surface area contributed by atoms with Crippen molar-refractivity contribution in [2.45, 2.75) is 12.7 Å². The summed E-state index contributed by atoms with van der Waals surface area (Å²) in [5.74, 6) is -9.07. The van der Waals surface area contributed by atoms with E-state index in [1.165, 1.54) is 0 Å². The molecule has 0 aliphatic heterocycles. The van der Waals surface area contributed by atoms with Gasteiger partial charge in [0.1, 0.15) is 0 Å². The van der Waals surface area contributed by atoms with Crippen LogP contribution in [0.15, 0.2) is 25.3 Å². The lowest BCUT2D eigenvalue weighted by Crippen LogP contribution is -2.49. The van der Waals surface area contributed by atoms with E-state index in [1.807, 2.05) is 0 Å². The van der Waals surface area contributed by atoms with Gasteiger partial charge in [0.15, 0.2) is 0 Å². The number of hydrogen-bond acceptors (Lipinski definition) is 7. The van der Waals surface area contributed by atoms with Crippen molar-refractivity contribution in [1.29, 1.82) is 0 Å². The van der Waals surface area contributed by atoms with Crippen molar-refractivity contribution < 1.29 is 48.8 Å². The van der Waals surface area contributed by atoms with E-state index in [0.29, 0.717) is 12.2 Å². The summed E-state index contributed by atoms with van der Waals surface area (Å²) < 4.78 is 8.88. The zero-order valence-corrected chi connectivity index (χ0v) is 11.1. The quantitative estimate of drug-likeness (QED) is 0.216. The van der Waals surface area contributed by atoms with Gasteiger partial charge in [0.2, 0.25) is 6.29 Å². The van der Waals surface area contributed by atoms with Crippen LogP contribution in [0.5, 0.6) is 0 Å². The van der Waals surface area contributed by atoms with Gasteiger partial charge in [-0.25, -0.2) is 9.59 Å². The van der Waals surface area contributed by atoms with E-state index in [9.17, 15) is 24.0 Å². The summed E-state index contributed by atoms with van der Waals surface area (Å²) in [6, 6.07) is 0. The molecule has 0 aromatic heterocycles. The fourth-order valence-corrected chi connectivity index (χ4v) is 1.25. The maximum absolute atomic E-state index is 11.1. The van der Waals surface area contributed by atoms with Crippen LogP contribution >= 0.6 is 0 Å². The maximum atomic E-state index is 11.1. The molecule has 10 nitrogen and oxygen atoms in total. The molecule has 0 unspecified atom stereocenters. The molecule has 0 heterocycles. The molecule has 0 radical (unpaired) electrons. The van der Waals surface area contributed by atoms with Crippen LogP contribution < -0.4 is 0 Å². The molecule has 0 aromatic carbocycles. The van der Waals surface area contributed by atoms with Gasteiger partial charge in [0, 0.05) is 12.2 Å². The van der Waals surface area contributed by atoms with Crippen LogP contribution in [0.3, 0.4) is 0 Å². The minimum atomic E-state index is -3.38. The third-order valence-corrected chi connectivity index (χ3v) is 2.40. The Morgan fingerprint density at radius 1 is 0.864 bits per heavy atom. The summed E-state index contributed by atoms with van der Waals surface area (Å²) >= 11 is 0. The fraction of sp³-hybridized carbons (Fsp3) is 0.250. The zero-order chi connectivity index (χ0) is 17.5. The number of carboxylic acid groups (broad SMARTS) is 3. The van der Waals surface area contributed by atoms with Crippen LogP contribution in [-0.2, 0) is 33.4 Å². The number of esters is 2. The molecule has 0 rings (SSSR count). The molecule has 120 valence electrons. The van der Waals surface area contributed by atoms with E-state index in [-0.39, 0.29) is 0 Å². The van der Waals surface area contributed by atoms with Gasteiger partial charge in [-0.15, -0.1) is 0 Å². The minimum Gasteiger partial charge on any atom is -0.480 e. The van der Waals surface area contributed by atoms with Gasteiger partial charge >= 0.3 is 29.8 Å². The second-order valence-corrected chi connectivity index (χ2v) is 3.74. The predicted molar refractivity (Wildman–Crippen MR) is 66.3 cm³/mol. The van der Waals surface area contributed by atoms with Crippen LogP contribution in [0, 0.1) is 5.41 Å². The zero-order valence-electron chi connectivity index (χ0n) is 11.1. The van der Waals surface area contributed by atoms with Crippen molar-refractivity contribution in [3.63, 3.8) is 0 Å². The molecular weight excluding hydrogens is 304 g/mol. The van der Waals surface area contributed by atoms with Crippen molar-refractivity contribution >= 4 is 29.8 Å². The van der Waals surface area contributed by atoms with E-state index in [4.69, 9.17) is 15.3 Å². The van der Waals surface area contributed by atoms with E-state index in [1.54, 1.807) is 0 Å². The average molecular weight is 316 g/mol. The normalized spacial score (nSPS) is 10.4. The Balaban J connectivity index is 5.66. The average Bonchev–Trinajstić information content (AvgIpc) is 2.42. The molecule has 0 aromatic rings. The number of carboxylic acids is 3. The summed E-state index contributed by atoms with van der Waals surface area (Å²) in [6.07, 6.45) is -2.19. The first kappa shape index (κ1) is 18.8. The van der Waals surface area contributed by atoms with Crippen LogP contribution in [-0.4, -0.2) is 51.5 Å². The van der Waals surface area contributed by atoms with Gasteiger partial charge in [-0.2, -0.15) is 0 Å². The number of carbonyl (C=O) groups is 5. The maximum Gasteiger partial charge on any atom is 0.333 e. The highest BCUT2D eigenvalue weighted by Gasteiger charge is 2.57. The lowest BCUT2D eigenvalue weighted by atomic mass is 9.84. The SMILES string of the molecule is C=CC(=O)OC(CC(C(=O)O)(C(=O)O)C(=O)O)OC(=O)C=C. The first-order valence-electron chi connectivity index (χ1n) is 5.48. The monoisotopic (exact) mass is 316 g/mol. The van der Waals surface area contributed by atoms with E-state index in [0.717, 1.165) is 0 Å². The molecule has 10 heteroatoms. The van der Waals surface area contributed by atoms with Crippen LogP contribution in [0.2, 0.25) is 0 Å². The minimum absolute atomic E-state index is 0.624. The highest BCUT2D eigenvalue weighted by molar-refractivity contribution is 6.16. The van der Waals surface area contributed by atoms with Gasteiger partial charge in [0.05, 0.1) is 6.42 Å². The summed E-state index contributed by atoms with van der Waals surface area (Å²) in [6.45, 7) is 6.06. The lowest BCUT2D eigenvalue weighted by molar-refractivity contribution is -0.199. The van der Waals surface area contributed by atoms with Crippen molar-refractivity contribution in [2.24, 2.45) is 5.41 Å². The molecule has 0 aliphatic rings. The summed E-state index contributed by atoms with van der Waals surface area (Å²) in [4.78, 5) is 55.4. The molecule has 3 N–H and O–H groups in total. The van der Waals surface area contributed by atoms with E-state index in [2.05, 4.69) is 22.6 Å². The third kappa shape index (κ3) is 4.16. The van der Waals surface area contributed by atoms with Crippen molar-refractivity contribution in [3.8, 4) is 0 Å². The van der Waals surface area contributed by atoms with E-state index >= 15 is 0 Å². The van der Waals surface area contributed by atoms with Crippen molar-refractivity contribution in [1.82, 2.24) is 0 Å². The molecule has 0 saturated heterocycles. The standard InChI is InChI=1S/C12H12O10/c1-3-6(13)21-8(22-7(14)4-2)5-12(9(15)16,10(17)18)11(19)20/h3-4,8H,1-2,5H2,(H,15,16)(H,17,18)(H,19,20). The molecular formula is C12H12O10. The Labute approximate surface area is 123 Å². The second kappa shape index (κ2) is 7.57. The molecule has 22 heavy (non-hydrogen) atoms. The second-order valence-electron chi connectivity index (χ2n) is 3.74. The Morgan fingerprint density at radius 2 is 1.18 bits per heavy atom. The summed E-state index contributed by atoms with van der Waals surface area (Å²) in [5.41, 5.74) is -3.38. The fourth-order valence-electron chi connectivity index (χ4n) is 1.25. The smallest absolute Gasteiger partial charge is 0.333 e. The Morgan fingerprint density at radius 3 is 1.41 bits per heavy atom. The largest absolute Gasteiger partial charge is 0.480 e. The molecule has 0 amide bonds. The van der Waals surface area contributed by atoms with Gasteiger partial charge in [-0.1, -0.05) is 13.2 Å². The van der Waals surface area contributed by atoms with Crippen LogP contribution in [0.25, 0.3) is 0 Å². The first-order chi connectivity index (χ1) is 10.1. The highest BCUT2D eigenvalue weighted by atomic mass is 16.7. The third-order valence-electron chi connectivity index (χ3n) is 2.40. The molecule has 0 spiro atoms. The van der Waals surface area contributed by atoms with Crippen molar-refractivity contribution in [2.75, 3.05) is 0 Å². The number of hydrogen-bond donors (Lipinski definition) is 3. The molecule has 0 saturated carbocycles. The van der Waals surface area contributed by atoms with Crippen molar-refractivity contribution in [3.05, 3.63) is 25.3 Å². The number of rotatable bonds is 9. The first-order valence-corrected chi connectivity index (χ1v) is 5.48. The predicted octanol–water partition coefficient (Wildman–Crippen LogP) is -0.599. The summed E-state index contributed by atoms with van der Waals surface area (Å²) in [5, 5.41) is 26.7. The van der Waals surface area contributed by atoms with Gasteiger partial charge < -0.3 is 24.8 Å². The molecule has 0 bridgehead atoms. The Kier molecular flexibility index (Phi) is 6.48. The molecule has 0 fully saturated rings. The topological polar surface area (TPSA) is 164 Å². The lowest BCUT2D eigenvalue weighted by Gasteiger charge is -2.24. The van der Waals surface area contributed by atoms with E-state index < -0.39 is 48.0 Å². The molecule has 0 atom stereocenters. The van der Waals surface area contributed by atoms with Gasteiger partial charge in [-0.3, -0.25) is 14.4 Å². The number of carbonyl (C=O) groups excluding carboxylic acids is 2. The summed E-state index contributed by atoms with van der Waals surface area (Å²) in [7, 11) is 0.